The molecule has 0 amide bonds. The first-order valence-corrected chi connectivity index (χ1v) is 7.99. The summed E-state index contributed by atoms with van der Waals surface area (Å²) in [5.41, 5.74) is 0. The van der Waals surface area contributed by atoms with Gasteiger partial charge in [0.15, 0.2) is 9.84 Å². The minimum absolute atomic E-state index is 0.0650. The van der Waals surface area contributed by atoms with Crippen LogP contribution < -0.4 is 0 Å². The molecule has 0 unspecified atom stereocenters. The van der Waals surface area contributed by atoms with Crippen molar-refractivity contribution in [2.24, 2.45) is 0 Å². The van der Waals surface area contributed by atoms with Gasteiger partial charge in [-0.3, -0.25) is 0 Å². The molecule has 0 spiro atoms. The molecule has 0 saturated carbocycles. The Balaban J connectivity index is 2.78. The molecule has 0 aliphatic heterocycles. The third-order valence-electron chi connectivity index (χ3n) is 2.23. The summed E-state index contributed by atoms with van der Waals surface area (Å²) in [5.74, 6) is -0.0650. The van der Waals surface area contributed by atoms with Crippen molar-refractivity contribution in [2.45, 2.75) is 18.1 Å². The molecule has 0 aromatic carbocycles. The maximum Gasteiger partial charge on any atom is 0.194 e. The summed E-state index contributed by atoms with van der Waals surface area (Å²) in [6.07, 6.45) is 0. The summed E-state index contributed by atoms with van der Waals surface area (Å²) in [7, 11) is -3.25. The molecule has 0 aliphatic rings. The van der Waals surface area contributed by atoms with Crippen molar-refractivity contribution in [1.29, 1.82) is 0 Å². The van der Waals surface area contributed by atoms with E-state index in [0.717, 1.165) is 13.1 Å². The highest BCUT2D eigenvalue weighted by Crippen LogP contribution is 2.18. The number of thiocarbonyl (C=S) groups is 1. The molecule has 90 valence electrons. The van der Waals surface area contributed by atoms with E-state index in [2.05, 4.69) is 0 Å². The predicted molar refractivity (Wildman–Crippen MR) is 71.9 cm³/mol. The first-order valence-electron chi connectivity index (χ1n) is 5.05. The van der Waals surface area contributed by atoms with Crippen LogP contribution in [0.2, 0.25) is 0 Å². The van der Waals surface area contributed by atoms with Crippen molar-refractivity contribution in [2.75, 3.05) is 18.8 Å². The van der Waals surface area contributed by atoms with Gasteiger partial charge in [-0.05, 0) is 25.3 Å². The number of hydrogen-bond donors (Lipinski definition) is 0. The molecule has 6 heteroatoms. The van der Waals surface area contributed by atoms with Gasteiger partial charge in [-0.2, -0.15) is 0 Å². The smallest absolute Gasteiger partial charge is 0.194 e. The Bertz CT molecular complexity index is 433. The van der Waals surface area contributed by atoms with Gasteiger partial charge in [0.25, 0.3) is 0 Å². The summed E-state index contributed by atoms with van der Waals surface area (Å²) in [4.78, 5) is 2.39. The monoisotopic (exact) mass is 277 g/mol. The topological polar surface area (TPSA) is 37.4 Å². The Morgan fingerprint density at radius 1 is 1.44 bits per heavy atom. The van der Waals surface area contributed by atoms with Crippen LogP contribution >= 0.6 is 23.6 Å². The number of thiophene rings is 1. The Morgan fingerprint density at radius 2 is 2.06 bits per heavy atom. The van der Waals surface area contributed by atoms with E-state index >= 15 is 0 Å². The first-order chi connectivity index (χ1) is 7.51. The van der Waals surface area contributed by atoms with Crippen LogP contribution in [0.25, 0.3) is 0 Å². The molecule has 1 heterocycles. The summed E-state index contributed by atoms with van der Waals surface area (Å²) in [6, 6.07) is 3.35. The zero-order chi connectivity index (χ0) is 12.2. The lowest BCUT2D eigenvalue weighted by Crippen LogP contribution is -2.33. The van der Waals surface area contributed by atoms with Crippen LogP contribution in [-0.2, 0) is 9.84 Å². The van der Waals surface area contributed by atoms with Crippen molar-refractivity contribution < 1.29 is 8.42 Å². The lowest BCUT2D eigenvalue weighted by atomic mass is 10.5. The number of nitrogens with zero attached hydrogens (tertiary/aromatic N) is 1. The summed E-state index contributed by atoms with van der Waals surface area (Å²) in [5, 5.41) is 1.76. The fraction of sp³-hybridized carbons (Fsp3) is 0.500. The van der Waals surface area contributed by atoms with E-state index in [4.69, 9.17) is 12.2 Å². The van der Waals surface area contributed by atoms with E-state index in [9.17, 15) is 8.42 Å². The third kappa shape index (κ3) is 3.26. The maximum atomic E-state index is 11.9. The van der Waals surface area contributed by atoms with E-state index in [-0.39, 0.29) is 5.75 Å². The molecule has 0 radical (unpaired) electrons. The third-order valence-corrected chi connectivity index (χ3v) is 5.93. The van der Waals surface area contributed by atoms with Gasteiger partial charge in [-0.15, -0.1) is 11.3 Å². The van der Waals surface area contributed by atoms with Gasteiger partial charge in [0, 0.05) is 13.1 Å². The van der Waals surface area contributed by atoms with Gasteiger partial charge in [0.2, 0.25) is 0 Å². The molecular formula is C10H15NO2S3. The maximum absolute atomic E-state index is 11.9. The molecule has 0 N–H and O–H groups in total. The minimum atomic E-state index is -3.25. The summed E-state index contributed by atoms with van der Waals surface area (Å²) < 4.78 is 24.3. The summed E-state index contributed by atoms with van der Waals surface area (Å²) >= 11 is 6.38. The van der Waals surface area contributed by atoms with Crippen LogP contribution in [0.15, 0.2) is 21.7 Å². The lowest BCUT2D eigenvalue weighted by molar-refractivity contribution is 0.471. The van der Waals surface area contributed by atoms with Gasteiger partial charge >= 0.3 is 0 Å². The Kier molecular flexibility index (Phi) is 4.89. The van der Waals surface area contributed by atoms with Crippen LogP contribution in [0.4, 0.5) is 0 Å². The minimum Gasteiger partial charge on any atom is -0.366 e. The van der Waals surface area contributed by atoms with Crippen LogP contribution in [0.3, 0.4) is 0 Å². The molecule has 0 aliphatic carbocycles. The highest BCUT2D eigenvalue weighted by Gasteiger charge is 2.20. The van der Waals surface area contributed by atoms with E-state index in [1.807, 2.05) is 18.7 Å². The Labute approximate surface area is 106 Å². The lowest BCUT2D eigenvalue weighted by Gasteiger charge is -2.21. The van der Waals surface area contributed by atoms with Crippen LogP contribution in [-0.4, -0.2) is 37.1 Å². The van der Waals surface area contributed by atoms with E-state index in [1.165, 1.54) is 11.3 Å². The second kappa shape index (κ2) is 5.75. The van der Waals surface area contributed by atoms with Crippen molar-refractivity contribution in [3.63, 3.8) is 0 Å². The van der Waals surface area contributed by atoms with E-state index in [0.29, 0.717) is 9.20 Å². The normalized spacial score (nSPS) is 11.4. The van der Waals surface area contributed by atoms with Crippen LogP contribution in [0.1, 0.15) is 13.8 Å². The highest BCUT2D eigenvalue weighted by atomic mass is 32.2. The fourth-order valence-electron chi connectivity index (χ4n) is 1.34. The molecule has 1 rings (SSSR count). The Morgan fingerprint density at radius 3 is 2.50 bits per heavy atom. The van der Waals surface area contributed by atoms with Gasteiger partial charge in [0.05, 0.1) is 4.99 Å². The molecule has 0 fully saturated rings. The number of rotatable bonds is 5. The Hall–Kier alpha value is -0.460. The predicted octanol–water partition coefficient (Wildman–Crippen LogP) is 2.19. The molecule has 16 heavy (non-hydrogen) atoms. The zero-order valence-corrected chi connectivity index (χ0v) is 11.8. The van der Waals surface area contributed by atoms with Crippen molar-refractivity contribution >= 4 is 38.4 Å². The molecule has 3 nitrogen and oxygen atoms in total. The standard InChI is InChI=1S/C10H15NO2S3/c1-3-11(4-2)9(14)8-16(12,13)10-6-5-7-15-10/h5-7H,3-4,8H2,1-2H3. The van der Waals surface area contributed by atoms with Gasteiger partial charge in [-0.25, -0.2) is 8.42 Å². The van der Waals surface area contributed by atoms with Crippen molar-refractivity contribution in [3.05, 3.63) is 17.5 Å². The van der Waals surface area contributed by atoms with Crippen LogP contribution in [0.5, 0.6) is 0 Å². The second-order valence-electron chi connectivity index (χ2n) is 3.26. The van der Waals surface area contributed by atoms with Crippen LogP contribution in [0, 0.1) is 0 Å². The number of hydrogen-bond acceptors (Lipinski definition) is 4. The van der Waals surface area contributed by atoms with Gasteiger partial charge in [0.1, 0.15) is 9.96 Å². The average molecular weight is 277 g/mol. The average Bonchev–Trinajstić information content (AvgIpc) is 2.71. The molecule has 0 atom stereocenters. The highest BCUT2D eigenvalue weighted by molar-refractivity contribution is 7.95. The van der Waals surface area contributed by atoms with Crippen molar-refractivity contribution in [3.8, 4) is 0 Å². The molecular weight excluding hydrogens is 262 g/mol. The molecule has 0 saturated heterocycles. The largest absolute Gasteiger partial charge is 0.366 e. The second-order valence-corrected chi connectivity index (χ2v) is 6.89. The SMILES string of the molecule is CCN(CC)C(=S)CS(=O)(=O)c1cccs1. The first kappa shape index (κ1) is 13.6. The zero-order valence-electron chi connectivity index (χ0n) is 9.34. The fourth-order valence-corrected chi connectivity index (χ4v) is 4.38. The van der Waals surface area contributed by atoms with Gasteiger partial charge in [-0.1, -0.05) is 18.3 Å². The molecule has 0 bridgehead atoms. The summed E-state index contributed by atoms with van der Waals surface area (Å²) in [6.45, 7) is 5.42. The molecule has 1 aromatic rings. The quantitative estimate of drug-likeness (QED) is 0.773. The van der Waals surface area contributed by atoms with Gasteiger partial charge < -0.3 is 4.90 Å². The van der Waals surface area contributed by atoms with E-state index < -0.39 is 9.84 Å². The molecule has 1 aromatic heterocycles. The number of sulfone groups is 1. The van der Waals surface area contributed by atoms with Crippen molar-refractivity contribution in [1.82, 2.24) is 4.90 Å². The van der Waals surface area contributed by atoms with E-state index in [1.54, 1.807) is 17.5 Å².